The van der Waals surface area contributed by atoms with Gasteiger partial charge in [0.05, 0.1) is 16.7 Å². The average molecular weight is 472 g/mol. The minimum Gasteiger partial charge on any atom is -0.382 e. The Bertz CT molecular complexity index is 1110. The lowest BCUT2D eigenvalue weighted by Crippen LogP contribution is -2.40. The second kappa shape index (κ2) is 8.55. The van der Waals surface area contributed by atoms with Crippen LogP contribution in [0.3, 0.4) is 0 Å². The highest BCUT2D eigenvalue weighted by Crippen LogP contribution is 2.35. The van der Waals surface area contributed by atoms with Crippen molar-refractivity contribution in [1.29, 1.82) is 0 Å². The van der Waals surface area contributed by atoms with Crippen LogP contribution >= 0.6 is 23.2 Å². The molecule has 0 saturated heterocycles. The number of rotatable bonds is 4. The number of fused-ring (bicyclic) bond motifs is 1. The zero-order valence-corrected chi connectivity index (χ0v) is 17.6. The van der Waals surface area contributed by atoms with Crippen LogP contribution in [0.1, 0.15) is 41.9 Å². The molecule has 4 rings (SSSR count). The van der Waals surface area contributed by atoms with E-state index >= 15 is 0 Å². The van der Waals surface area contributed by atoms with Crippen molar-refractivity contribution in [2.24, 2.45) is 0 Å². The zero-order chi connectivity index (χ0) is 22.2. The normalized spacial score (nSPS) is 19.4. The zero-order valence-electron chi connectivity index (χ0n) is 16.1. The summed E-state index contributed by atoms with van der Waals surface area (Å²) in [5.74, 6) is -0.330. The van der Waals surface area contributed by atoms with E-state index in [-0.39, 0.29) is 34.2 Å². The summed E-state index contributed by atoms with van der Waals surface area (Å²) < 4.78 is 39.9. The lowest BCUT2D eigenvalue weighted by atomic mass is 9.90. The van der Waals surface area contributed by atoms with Crippen molar-refractivity contribution in [3.8, 4) is 0 Å². The highest BCUT2D eigenvalue weighted by Gasteiger charge is 2.34. The number of carbonyl (C=O) groups is 1. The summed E-state index contributed by atoms with van der Waals surface area (Å²) in [6.45, 7) is 0. The third-order valence-electron chi connectivity index (χ3n) is 5.30. The molecular weight excluding hydrogens is 454 g/mol. The van der Waals surface area contributed by atoms with Gasteiger partial charge in [0.15, 0.2) is 0 Å². The fraction of sp³-hybridized carbons (Fsp3) is 0.350. The van der Waals surface area contributed by atoms with E-state index in [2.05, 4.69) is 25.8 Å². The van der Waals surface area contributed by atoms with Crippen LogP contribution < -0.4 is 10.6 Å². The van der Waals surface area contributed by atoms with Crippen molar-refractivity contribution >= 4 is 45.7 Å². The second-order valence-corrected chi connectivity index (χ2v) is 8.32. The smallest absolute Gasteiger partial charge is 0.382 e. The fourth-order valence-electron chi connectivity index (χ4n) is 3.75. The summed E-state index contributed by atoms with van der Waals surface area (Å²) in [6.07, 6.45) is -0.505. The van der Waals surface area contributed by atoms with Crippen LogP contribution in [0, 0.1) is 0 Å². The van der Waals surface area contributed by atoms with E-state index in [4.69, 9.17) is 23.2 Å². The first-order chi connectivity index (χ1) is 14.7. The number of amides is 1. The van der Waals surface area contributed by atoms with Crippen molar-refractivity contribution in [3.63, 3.8) is 0 Å². The molecule has 0 unspecified atom stereocenters. The Hall–Kier alpha value is -2.52. The number of pyridine rings is 1. The van der Waals surface area contributed by atoms with Crippen LogP contribution in [0.25, 0.3) is 10.9 Å². The Kier molecular flexibility index (Phi) is 5.98. The van der Waals surface area contributed by atoms with Gasteiger partial charge in [-0.15, -0.1) is 0 Å². The topological polar surface area (TPSA) is 82.7 Å². The number of halogens is 5. The number of hydrogen-bond donors (Lipinski definition) is 3. The van der Waals surface area contributed by atoms with E-state index in [9.17, 15) is 18.0 Å². The van der Waals surface area contributed by atoms with Crippen LogP contribution in [0.15, 0.2) is 30.5 Å². The van der Waals surface area contributed by atoms with Crippen molar-refractivity contribution in [1.82, 2.24) is 20.5 Å². The van der Waals surface area contributed by atoms with E-state index in [0.29, 0.717) is 41.8 Å². The number of aromatic nitrogens is 3. The predicted molar refractivity (Wildman–Crippen MR) is 112 cm³/mol. The number of H-pyrrole nitrogens is 1. The molecule has 1 aliphatic rings. The van der Waals surface area contributed by atoms with E-state index in [0.717, 1.165) is 6.07 Å². The standard InChI is InChI=1S/C20H18Cl2F3N5O/c21-10-1-6-15-13(7-10)16(8-17(29-15)20(23,24)25)27-11-2-4-12(5-3-11)28-19(31)18-14(22)9-26-30-18/h1,6-9,11-12H,2-5H2,(H,26,30)(H,27,29)(H,28,31). The van der Waals surface area contributed by atoms with Crippen LogP contribution in [0.2, 0.25) is 10.0 Å². The van der Waals surface area contributed by atoms with E-state index in [1.165, 1.54) is 18.3 Å². The number of aromatic amines is 1. The molecule has 2 aromatic heterocycles. The van der Waals surface area contributed by atoms with Crippen molar-refractivity contribution in [3.05, 3.63) is 51.9 Å². The van der Waals surface area contributed by atoms with Gasteiger partial charge in [-0.2, -0.15) is 18.3 Å². The third-order valence-corrected chi connectivity index (χ3v) is 5.82. The largest absolute Gasteiger partial charge is 0.433 e. The van der Waals surface area contributed by atoms with Gasteiger partial charge in [-0.25, -0.2) is 4.98 Å². The molecule has 3 N–H and O–H groups in total. The summed E-state index contributed by atoms with van der Waals surface area (Å²) in [5, 5.41) is 13.6. The molecule has 3 aromatic rings. The van der Waals surface area contributed by atoms with Crippen molar-refractivity contribution < 1.29 is 18.0 Å². The van der Waals surface area contributed by atoms with Gasteiger partial charge in [-0.3, -0.25) is 9.89 Å². The van der Waals surface area contributed by atoms with Gasteiger partial charge in [-0.05, 0) is 49.9 Å². The van der Waals surface area contributed by atoms with Gasteiger partial charge in [0.1, 0.15) is 11.4 Å². The number of anilines is 1. The van der Waals surface area contributed by atoms with Crippen LogP contribution in [-0.2, 0) is 6.18 Å². The minimum absolute atomic E-state index is 0.0467. The predicted octanol–water partition coefficient (Wildman–Crippen LogP) is 5.44. The Labute approximate surface area is 185 Å². The van der Waals surface area contributed by atoms with Gasteiger partial charge in [0.25, 0.3) is 5.91 Å². The molecule has 164 valence electrons. The maximum absolute atomic E-state index is 13.3. The molecule has 0 spiro atoms. The molecule has 2 heterocycles. The molecule has 6 nitrogen and oxygen atoms in total. The number of benzene rings is 1. The molecule has 0 bridgehead atoms. The lowest BCUT2D eigenvalue weighted by Gasteiger charge is -2.30. The molecule has 11 heteroatoms. The summed E-state index contributed by atoms with van der Waals surface area (Å²) in [5.41, 5.74) is -0.181. The summed E-state index contributed by atoms with van der Waals surface area (Å²) >= 11 is 12.0. The van der Waals surface area contributed by atoms with Gasteiger partial charge < -0.3 is 10.6 Å². The maximum Gasteiger partial charge on any atom is 0.433 e. The first kappa shape index (κ1) is 21.7. The maximum atomic E-state index is 13.3. The molecule has 0 aliphatic heterocycles. The highest BCUT2D eigenvalue weighted by molar-refractivity contribution is 6.33. The van der Waals surface area contributed by atoms with E-state index < -0.39 is 11.9 Å². The van der Waals surface area contributed by atoms with E-state index in [1.807, 2.05) is 0 Å². The van der Waals surface area contributed by atoms with Crippen LogP contribution in [0.5, 0.6) is 0 Å². The first-order valence-corrected chi connectivity index (χ1v) is 10.4. The monoisotopic (exact) mass is 471 g/mol. The molecule has 1 saturated carbocycles. The average Bonchev–Trinajstić information content (AvgIpc) is 3.15. The number of hydrogen-bond acceptors (Lipinski definition) is 4. The molecule has 1 amide bonds. The number of alkyl halides is 3. The van der Waals surface area contributed by atoms with Crippen LogP contribution in [-0.4, -0.2) is 33.2 Å². The Morgan fingerprint density at radius 2 is 1.81 bits per heavy atom. The van der Waals surface area contributed by atoms with Crippen molar-refractivity contribution in [2.75, 3.05) is 5.32 Å². The third kappa shape index (κ3) is 4.88. The lowest BCUT2D eigenvalue weighted by molar-refractivity contribution is -0.140. The highest BCUT2D eigenvalue weighted by atomic mass is 35.5. The summed E-state index contributed by atoms with van der Waals surface area (Å²) in [4.78, 5) is 16.0. The van der Waals surface area contributed by atoms with Gasteiger partial charge >= 0.3 is 6.18 Å². The Morgan fingerprint density at radius 3 is 2.45 bits per heavy atom. The first-order valence-electron chi connectivity index (χ1n) is 9.64. The van der Waals surface area contributed by atoms with Gasteiger partial charge in [-0.1, -0.05) is 23.2 Å². The van der Waals surface area contributed by atoms with E-state index in [1.54, 1.807) is 6.07 Å². The Morgan fingerprint density at radius 1 is 1.10 bits per heavy atom. The molecule has 31 heavy (non-hydrogen) atoms. The molecule has 1 aliphatic carbocycles. The summed E-state index contributed by atoms with van der Waals surface area (Å²) in [7, 11) is 0. The molecule has 1 fully saturated rings. The molecular formula is C20H18Cl2F3N5O. The van der Waals surface area contributed by atoms with Crippen molar-refractivity contribution in [2.45, 2.75) is 43.9 Å². The summed E-state index contributed by atoms with van der Waals surface area (Å²) in [6, 6.07) is 5.51. The van der Waals surface area contributed by atoms with Gasteiger partial charge in [0.2, 0.25) is 0 Å². The number of nitrogens with one attached hydrogen (secondary N) is 3. The fourth-order valence-corrected chi connectivity index (χ4v) is 4.10. The second-order valence-electron chi connectivity index (χ2n) is 7.47. The van der Waals surface area contributed by atoms with Gasteiger partial charge in [0, 0.05) is 28.2 Å². The minimum atomic E-state index is -4.56. The quantitative estimate of drug-likeness (QED) is 0.473. The number of nitrogens with zero attached hydrogens (tertiary/aromatic N) is 2. The SMILES string of the molecule is O=C(NC1CCC(Nc2cc(C(F)(F)F)nc3ccc(Cl)cc23)CC1)c1[nH]ncc1Cl. The Balaban J connectivity index is 1.46. The number of carbonyl (C=O) groups excluding carboxylic acids is 1. The molecule has 1 aromatic carbocycles. The molecule has 0 radical (unpaired) electrons. The van der Waals surface area contributed by atoms with Crippen LogP contribution in [0.4, 0.5) is 18.9 Å². The molecule has 0 atom stereocenters.